The topological polar surface area (TPSA) is 52.6 Å². The van der Waals surface area contributed by atoms with Crippen LogP contribution in [0.25, 0.3) is 0 Å². The van der Waals surface area contributed by atoms with Crippen molar-refractivity contribution in [2.75, 3.05) is 26.2 Å². The molecule has 0 aromatic rings. The van der Waals surface area contributed by atoms with Crippen molar-refractivity contribution in [2.24, 2.45) is 46.3 Å². The van der Waals surface area contributed by atoms with Gasteiger partial charge in [0.25, 0.3) is 0 Å². The number of carbonyl (C=O) groups excluding carboxylic acids is 1. The summed E-state index contributed by atoms with van der Waals surface area (Å²) in [6.45, 7) is 11.4. The number of piperazine rings is 1. The highest BCUT2D eigenvalue weighted by Crippen LogP contribution is 2.68. The molecule has 4 heteroatoms. The van der Waals surface area contributed by atoms with Gasteiger partial charge in [-0.05, 0) is 111 Å². The number of rotatable bonds is 4. The zero-order valence-electron chi connectivity index (χ0n) is 21.0. The van der Waals surface area contributed by atoms with Crippen LogP contribution in [0.1, 0.15) is 91.4 Å². The van der Waals surface area contributed by atoms with Gasteiger partial charge in [-0.1, -0.05) is 20.8 Å². The first-order valence-corrected chi connectivity index (χ1v) is 14.0. The Hall–Kier alpha value is -0.610. The molecule has 182 valence electrons. The fourth-order valence-corrected chi connectivity index (χ4v) is 9.84. The predicted molar refractivity (Wildman–Crippen MR) is 129 cm³/mol. The lowest BCUT2D eigenvalue weighted by Crippen LogP contribution is -2.54. The van der Waals surface area contributed by atoms with E-state index < -0.39 is 0 Å². The highest BCUT2D eigenvalue weighted by atomic mass is 16.3. The Labute approximate surface area is 196 Å². The Balaban J connectivity index is 1.23. The number of nitrogens with one attached hydrogen (secondary N) is 1. The van der Waals surface area contributed by atoms with E-state index in [0.29, 0.717) is 22.7 Å². The van der Waals surface area contributed by atoms with Crippen molar-refractivity contribution in [1.82, 2.24) is 10.2 Å². The minimum atomic E-state index is -0.0425. The number of hydrogen-bond donors (Lipinski definition) is 2. The molecule has 32 heavy (non-hydrogen) atoms. The van der Waals surface area contributed by atoms with Crippen molar-refractivity contribution in [3.8, 4) is 0 Å². The van der Waals surface area contributed by atoms with Crippen molar-refractivity contribution in [3.63, 3.8) is 0 Å². The van der Waals surface area contributed by atoms with E-state index in [1.54, 1.807) is 0 Å². The molecule has 5 aliphatic rings. The molecule has 0 aromatic heterocycles. The molecular weight excluding hydrogens is 396 g/mol. The van der Waals surface area contributed by atoms with E-state index in [1.165, 1.54) is 44.9 Å². The molecule has 1 unspecified atom stereocenters. The van der Waals surface area contributed by atoms with Gasteiger partial charge in [0.15, 0.2) is 0 Å². The molecule has 9 atom stereocenters. The molecule has 1 heterocycles. The Morgan fingerprint density at radius 3 is 2.50 bits per heavy atom. The Bertz CT molecular complexity index is 691. The maximum atomic E-state index is 12.7. The third-order valence-corrected chi connectivity index (χ3v) is 11.7. The maximum absolute atomic E-state index is 12.7. The number of carbonyl (C=O) groups is 1. The molecule has 5 fully saturated rings. The molecule has 4 aliphatic carbocycles. The number of aliphatic hydroxyl groups excluding tert-OH is 1. The molecule has 2 N–H and O–H groups in total. The molecule has 4 saturated carbocycles. The van der Waals surface area contributed by atoms with Crippen LogP contribution in [0, 0.1) is 46.3 Å². The predicted octanol–water partition coefficient (Wildman–Crippen LogP) is 4.85. The summed E-state index contributed by atoms with van der Waals surface area (Å²) >= 11 is 0. The van der Waals surface area contributed by atoms with E-state index in [0.717, 1.165) is 81.5 Å². The van der Waals surface area contributed by atoms with Gasteiger partial charge < -0.3 is 15.3 Å². The SMILES string of the molecule is C[C@H](CCC(=O)N1CCNCC1)[C@H]1CC[C@H]2[C@@H]3CCC4C[C@@H](O)CC[C@]4(C)[C@H]3CC[C@]12C. The number of fused-ring (bicyclic) bond motifs is 5. The molecule has 1 aliphatic heterocycles. The fourth-order valence-electron chi connectivity index (χ4n) is 9.84. The van der Waals surface area contributed by atoms with Crippen molar-refractivity contribution >= 4 is 5.91 Å². The van der Waals surface area contributed by atoms with Gasteiger partial charge in [0.2, 0.25) is 5.91 Å². The zero-order valence-corrected chi connectivity index (χ0v) is 21.0. The Morgan fingerprint density at radius 2 is 1.72 bits per heavy atom. The third kappa shape index (κ3) is 3.85. The second kappa shape index (κ2) is 8.87. The first kappa shape index (κ1) is 23.1. The second-order valence-corrected chi connectivity index (χ2v) is 13.0. The molecule has 0 radical (unpaired) electrons. The van der Waals surface area contributed by atoms with Crippen LogP contribution >= 0.6 is 0 Å². The number of nitrogens with zero attached hydrogens (tertiary/aromatic N) is 1. The average molecular weight is 445 g/mol. The van der Waals surface area contributed by atoms with Crippen LogP contribution in [0.4, 0.5) is 0 Å². The van der Waals surface area contributed by atoms with Crippen LogP contribution in [0.5, 0.6) is 0 Å². The van der Waals surface area contributed by atoms with E-state index in [1.807, 2.05) is 0 Å². The highest BCUT2D eigenvalue weighted by Gasteiger charge is 2.60. The first-order chi connectivity index (χ1) is 15.3. The summed E-state index contributed by atoms with van der Waals surface area (Å²) in [7, 11) is 0. The van der Waals surface area contributed by atoms with Crippen molar-refractivity contribution in [2.45, 2.75) is 97.5 Å². The summed E-state index contributed by atoms with van der Waals surface area (Å²) in [5, 5.41) is 13.6. The summed E-state index contributed by atoms with van der Waals surface area (Å²) in [6.07, 6.45) is 13.5. The molecule has 0 bridgehead atoms. The summed E-state index contributed by atoms with van der Waals surface area (Å²) in [4.78, 5) is 14.8. The van der Waals surface area contributed by atoms with E-state index in [2.05, 4.69) is 31.0 Å². The molecule has 0 aromatic carbocycles. The van der Waals surface area contributed by atoms with Crippen LogP contribution in [-0.4, -0.2) is 48.2 Å². The van der Waals surface area contributed by atoms with Crippen molar-refractivity contribution < 1.29 is 9.90 Å². The molecule has 4 nitrogen and oxygen atoms in total. The largest absolute Gasteiger partial charge is 0.393 e. The van der Waals surface area contributed by atoms with Gasteiger partial charge in [0.1, 0.15) is 0 Å². The number of amides is 1. The Kier molecular flexibility index (Phi) is 6.42. The second-order valence-electron chi connectivity index (χ2n) is 13.0. The molecular formula is C28H48N2O2. The van der Waals surface area contributed by atoms with Gasteiger partial charge in [0.05, 0.1) is 6.10 Å². The van der Waals surface area contributed by atoms with E-state index >= 15 is 0 Å². The van der Waals surface area contributed by atoms with E-state index in [-0.39, 0.29) is 6.10 Å². The number of aliphatic hydroxyl groups is 1. The smallest absolute Gasteiger partial charge is 0.222 e. The lowest BCUT2D eigenvalue weighted by Gasteiger charge is -2.61. The average Bonchev–Trinajstić information content (AvgIpc) is 3.15. The van der Waals surface area contributed by atoms with Gasteiger partial charge in [-0.15, -0.1) is 0 Å². The lowest BCUT2D eigenvalue weighted by molar-refractivity contribution is -0.133. The maximum Gasteiger partial charge on any atom is 0.222 e. The summed E-state index contributed by atoms with van der Waals surface area (Å²) in [6, 6.07) is 0. The lowest BCUT2D eigenvalue weighted by atomic mass is 9.44. The van der Waals surface area contributed by atoms with Crippen LogP contribution < -0.4 is 5.32 Å². The standard InChI is InChI=1S/C28H48N2O2/c1-19(4-9-26(32)30-16-14-29-15-17-30)23-7-8-24-22-6-5-20-18-21(31)10-12-27(20,2)25(22)11-13-28(23,24)3/h19-25,29,31H,4-18H2,1-3H3/t19-,20?,21+,22+,23-,24+,25+,27+,28-/m1/s1. The quantitative estimate of drug-likeness (QED) is 0.651. The first-order valence-electron chi connectivity index (χ1n) is 14.0. The van der Waals surface area contributed by atoms with Gasteiger partial charge in [-0.2, -0.15) is 0 Å². The minimum absolute atomic E-state index is 0.0425. The van der Waals surface area contributed by atoms with Gasteiger partial charge >= 0.3 is 0 Å². The van der Waals surface area contributed by atoms with Gasteiger partial charge in [-0.25, -0.2) is 0 Å². The fraction of sp³-hybridized carbons (Fsp3) is 0.964. The van der Waals surface area contributed by atoms with Crippen molar-refractivity contribution in [1.29, 1.82) is 0 Å². The minimum Gasteiger partial charge on any atom is -0.393 e. The monoisotopic (exact) mass is 444 g/mol. The highest BCUT2D eigenvalue weighted by molar-refractivity contribution is 5.76. The molecule has 1 saturated heterocycles. The van der Waals surface area contributed by atoms with E-state index in [4.69, 9.17) is 0 Å². The van der Waals surface area contributed by atoms with Gasteiger partial charge in [0, 0.05) is 32.6 Å². The van der Waals surface area contributed by atoms with Crippen LogP contribution in [0.15, 0.2) is 0 Å². The zero-order chi connectivity index (χ0) is 22.5. The third-order valence-electron chi connectivity index (χ3n) is 11.7. The van der Waals surface area contributed by atoms with Crippen molar-refractivity contribution in [3.05, 3.63) is 0 Å². The molecule has 0 spiro atoms. The summed E-state index contributed by atoms with van der Waals surface area (Å²) < 4.78 is 0. The van der Waals surface area contributed by atoms with E-state index in [9.17, 15) is 9.90 Å². The number of hydrogen-bond acceptors (Lipinski definition) is 3. The summed E-state index contributed by atoms with van der Waals surface area (Å²) in [5.41, 5.74) is 0.957. The van der Waals surface area contributed by atoms with Gasteiger partial charge in [-0.3, -0.25) is 4.79 Å². The van der Waals surface area contributed by atoms with Crippen LogP contribution in [0.2, 0.25) is 0 Å². The van der Waals surface area contributed by atoms with Crippen LogP contribution in [0.3, 0.4) is 0 Å². The molecule has 1 amide bonds. The summed E-state index contributed by atoms with van der Waals surface area (Å²) in [5.74, 6) is 5.27. The normalized spacial score (nSPS) is 47.3. The molecule has 5 rings (SSSR count). The Morgan fingerprint density at radius 1 is 1.00 bits per heavy atom. The van der Waals surface area contributed by atoms with Crippen LogP contribution in [-0.2, 0) is 4.79 Å².